The minimum atomic E-state index is -0.344. The summed E-state index contributed by atoms with van der Waals surface area (Å²) in [6.07, 6.45) is -0.174. The molecule has 1 aliphatic heterocycles. The van der Waals surface area contributed by atoms with Crippen LogP contribution in [0.3, 0.4) is 0 Å². The molecule has 1 aromatic carbocycles. The van der Waals surface area contributed by atoms with E-state index in [4.69, 9.17) is 9.47 Å². The Hall–Kier alpha value is -1.17. The zero-order valence-electron chi connectivity index (χ0n) is 12.0. The van der Waals surface area contributed by atoms with Crippen LogP contribution < -0.4 is 4.74 Å². The van der Waals surface area contributed by atoms with Crippen LogP contribution in [-0.2, 0) is 4.74 Å². The van der Waals surface area contributed by atoms with Gasteiger partial charge in [0.2, 0.25) is 0 Å². The monoisotopic (exact) mass is 283 g/mol. The highest BCUT2D eigenvalue weighted by molar-refractivity contribution is 5.23. The summed E-state index contributed by atoms with van der Waals surface area (Å²) in [6.45, 7) is 6.53. The van der Waals surface area contributed by atoms with Crippen molar-refractivity contribution in [1.29, 1.82) is 0 Å². The molecule has 20 heavy (non-hydrogen) atoms. The predicted molar refractivity (Wildman–Crippen MR) is 74.4 cm³/mol. The van der Waals surface area contributed by atoms with Gasteiger partial charge in [-0.25, -0.2) is 4.39 Å². The minimum Gasteiger partial charge on any atom is -0.489 e. The van der Waals surface area contributed by atoms with Crippen molar-refractivity contribution in [2.24, 2.45) is 0 Å². The van der Waals surface area contributed by atoms with Gasteiger partial charge in [-0.05, 0) is 26.0 Å². The zero-order valence-corrected chi connectivity index (χ0v) is 12.0. The second-order valence-corrected chi connectivity index (χ2v) is 5.70. The zero-order chi connectivity index (χ0) is 14.6. The summed E-state index contributed by atoms with van der Waals surface area (Å²) in [5.74, 6) is -0.0678. The molecule has 1 aromatic rings. The summed E-state index contributed by atoms with van der Waals surface area (Å²) in [5.41, 5.74) is -0.288. The molecule has 1 N–H and O–H groups in total. The smallest absolute Gasteiger partial charge is 0.165 e. The van der Waals surface area contributed by atoms with Gasteiger partial charge in [0.1, 0.15) is 6.61 Å². The summed E-state index contributed by atoms with van der Waals surface area (Å²) in [7, 11) is 0. The van der Waals surface area contributed by atoms with Crippen molar-refractivity contribution < 1.29 is 19.0 Å². The number of benzene rings is 1. The van der Waals surface area contributed by atoms with E-state index in [9.17, 15) is 9.50 Å². The molecule has 4 nitrogen and oxygen atoms in total. The van der Waals surface area contributed by atoms with Gasteiger partial charge in [0, 0.05) is 19.6 Å². The van der Waals surface area contributed by atoms with Crippen LogP contribution in [0.15, 0.2) is 24.3 Å². The first-order valence-corrected chi connectivity index (χ1v) is 6.88. The maximum atomic E-state index is 13.4. The van der Waals surface area contributed by atoms with Gasteiger partial charge in [-0.15, -0.1) is 0 Å². The third-order valence-corrected chi connectivity index (χ3v) is 3.26. The second-order valence-electron chi connectivity index (χ2n) is 5.70. The van der Waals surface area contributed by atoms with E-state index in [2.05, 4.69) is 4.90 Å². The van der Waals surface area contributed by atoms with Crippen LogP contribution in [0.5, 0.6) is 5.75 Å². The van der Waals surface area contributed by atoms with Gasteiger partial charge in [-0.2, -0.15) is 0 Å². The van der Waals surface area contributed by atoms with Gasteiger partial charge in [-0.1, -0.05) is 12.1 Å². The molecule has 1 fully saturated rings. The summed E-state index contributed by atoms with van der Waals surface area (Å²) in [5, 5.41) is 9.25. The van der Waals surface area contributed by atoms with Crippen LogP contribution in [0.4, 0.5) is 4.39 Å². The molecular weight excluding hydrogens is 261 g/mol. The highest BCUT2D eigenvalue weighted by Gasteiger charge is 2.32. The molecule has 0 amide bonds. The lowest BCUT2D eigenvalue weighted by molar-refractivity contribution is -0.149. The average molecular weight is 283 g/mol. The topological polar surface area (TPSA) is 41.9 Å². The standard InChI is InChI=1S/C15H22FNO3/c1-15(2)11-17(9-12(10-18)20-15)7-8-19-14-6-4-3-5-13(14)16/h3-6,12,18H,7-11H2,1-2H3. The molecule has 0 radical (unpaired) electrons. The average Bonchev–Trinajstić information content (AvgIpc) is 2.39. The number of hydrogen-bond donors (Lipinski definition) is 1. The lowest BCUT2D eigenvalue weighted by Crippen LogP contribution is -2.54. The number of aliphatic hydroxyl groups is 1. The Bertz CT molecular complexity index is 439. The van der Waals surface area contributed by atoms with Crippen LogP contribution in [0.1, 0.15) is 13.8 Å². The Morgan fingerprint density at radius 3 is 2.90 bits per heavy atom. The van der Waals surface area contributed by atoms with Gasteiger partial charge in [0.05, 0.1) is 18.3 Å². The van der Waals surface area contributed by atoms with Crippen LogP contribution in [0.25, 0.3) is 0 Å². The molecule has 2 rings (SSSR count). The number of morpholine rings is 1. The highest BCUT2D eigenvalue weighted by Crippen LogP contribution is 2.21. The quantitative estimate of drug-likeness (QED) is 0.892. The van der Waals surface area contributed by atoms with Crippen molar-refractivity contribution in [3.05, 3.63) is 30.1 Å². The first-order chi connectivity index (χ1) is 9.50. The van der Waals surface area contributed by atoms with Crippen molar-refractivity contribution in [1.82, 2.24) is 4.90 Å². The van der Waals surface area contributed by atoms with Gasteiger partial charge >= 0.3 is 0 Å². The van der Waals surface area contributed by atoms with E-state index >= 15 is 0 Å². The fourth-order valence-electron chi connectivity index (χ4n) is 2.53. The third kappa shape index (κ3) is 4.16. The number of nitrogens with zero attached hydrogens (tertiary/aromatic N) is 1. The fourth-order valence-corrected chi connectivity index (χ4v) is 2.53. The van der Waals surface area contributed by atoms with E-state index in [-0.39, 0.29) is 29.9 Å². The van der Waals surface area contributed by atoms with E-state index < -0.39 is 0 Å². The molecule has 1 unspecified atom stereocenters. The number of rotatable bonds is 5. The van der Waals surface area contributed by atoms with Crippen molar-refractivity contribution in [2.75, 3.05) is 32.8 Å². The van der Waals surface area contributed by atoms with Crippen molar-refractivity contribution in [3.63, 3.8) is 0 Å². The van der Waals surface area contributed by atoms with E-state index in [1.807, 2.05) is 13.8 Å². The number of hydrogen-bond acceptors (Lipinski definition) is 4. The molecule has 0 spiro atoms. The molecular formula is C15H22FNO3. The lowest BCUT2D eigenvalue weighted by atomic mass is 10.1. The van der Waals surface area contributed by atoms with Crippen LogP contribution in [0, 0.1) is 5.82 Å². The number of para-hydroxylation sites is 1. The molecule has 0 saturated carbocycles. The van der Waals surface area contributed by atoms with Gasteiger partial charge in [0.25, 0.3) is 0 Å². The van der Waals surface area contributed by atoms with Gasteiger partial charge < -0.3 is 14.6 Å². The Labute approximate surface area is 119 Å². The first kappa shape index (κ1) is 15.2. The van der Waals surface area contributed by atoms with E-state index in [0.717, 1.165) is 6.54 Å². The molecule has 1 saturated heterocycles. The molecule has 5 heteroatoms. The highest BCUT2D eigenvalue weighted by atomic mass is 19.1. The Morgan fingerprint density at radius 2 is 2.20 bits per heavy atom. The largest absolute Gasteiger partial charge is 0.489 e. The maximum Gasteiger partial charge on any atom is 0.165 e. The number of aliphatic hydroxyl groups excluding tert-OH is 1. The SMILES string of the molecule is CC1(C)CN(CCOc2ccccc2F)CC(CO)O1. The summed E-state index contributed by atoms with van der Waals surface area (Å²) >= 11 is 0. The number of ether oxygens (including phenoxy) is 2. The molecule has 0 aliphatic carbocycles. The Balaban J connectivity index is 1.83. The molecule has 112 valence electrons. The van der Waals surface area contributed by atoms with Crippen molar-refractivity contribution in [3.8, 4) is 5.75 Å². The van der Waals surface area contributed by atoms with Crippen LogP contribution in [-0.4, -0.2) is 54.6 Å². The maximum absolute atomic E-state index is 13.4. The summed E-state index contributed by atoms with van der Waals surface area (Å²) in [4.78, 5) is 2.17. The summed E-state index contributed by atoms with van der Waals surface area (Å²) < 4.78 is 24.6. The third-order valence-electron chi connectivity index (χ3n) is 3.26. The predicted octanol–water partition coefficient (Wildman–Crippen LogP) is 1.68. The Morgan fingerprint density at radius 1 is 1.45 bits per heavy atom. The Kier molecular flexibility index (Phi) is 4.96. The van der Waals surface area contributed by atoms with Gasteiger partial charge in [0.15, 0.2) is 11.6 Å². The normalized spacial score (nSPS) is 22.7. The van der Waals surface area contributed by atoms with Crippen molar-refractivity contribution in [2.45, 2.75) is 25.6 Å². The second kappa shape index (κ2) is 6.52. The van der Waals surface area contributed by atoms with E-state index in [1.165, 1.54) is 6.07 Å². The number of halogens is 1. The molecule has 1 atom stereocenters. The fraction of sp³-hybridized carbons (Fsp3) is 0.600. The first-order valence-electron chi connectivity index (χ1n) is 6.88. The molecule has 1 heterocycles. The van der Waals surface area contributed by atoms with Crippen molar-refractivity contribution >= 4 is 0 Å². The molecule has 1 aliphatic rings. The van der Waals surface area contributed by atoms with Crippen LogP contribution >= 0.6 is 0 Å². The van der Waals surface area contributed by atoms with E-state index in [1.54, 1.807) is 18.2 Å². The molecule has 0 aromatic heterocycles. The van der Waals surface area contributed by atoms with Gasteiger partial charge in [-0.3, -0.25) is 4.90 Å². The minimum absolute atomic E-state index is 0.00804. The summed E-state index contributed by atoms with van der Waals surface area (Å²) in [6, 6.07) is 6.39. The molecule has 0 bridgehead atoms. The van der Waals surface area contributed by atoms with E-state index in [0.29, 0.717) is 19.7 Å². The lowest BCUT2D eigenvalue weighted by Gasteiger charge is -2.42. The van der Waals surface area contributed by atoms with Crippen LogP contribution in [0.2, 0.25) is 0 Å².